The number of hydrogen-bond acceptors (Lipinski definition) is 5. The van der Waals surface area contributed by atoms with Crippen LogP contribution in [0.5, 0.6) is 0 Å². The van der Waals surface area contributed by atoms with Gasteiger partial charge in [-0.05, 0) is 30.2 Å². The van der Waals surface area contributed by atoms with Gasteiger partial charge in [0.25, 0.3) is 0 Å². The molecule has 0 unspecified atom stereocenters. The van der Waals surface area contributed by atoms with Gasteiger partial charge in [-0.15, -0.1) is 0 Å². The van der Waals surface area contributed by atoms with Gasteiger partial charge in [-0.25, -0.2) is 4.98 Å². The molecule has 0 saturated carbocycles. The topological polar surface area (TPSA) is 81.0 Å². The van der Waals surface area contributed by atoms with Gasteiger partial charge in [0, 0.05) is 5.69 Å². The van der Waals surface area contributed by atoms with Crippen molar-refractivity contribution >= 4 is 28.8 Å². The molecule has 0 saturated heterocycles. The van der Waals surface area contributed by atoms with E-state index in [0.29, 0.717) is 0 Å². The predicted molar refractivity (Wildman–Crippen MR) is 68.2 cm³/mol. The number of rotatable bonds is 3. The lowest BCUT2D eigenvalue weighted by Crippen LogP contribution is -2.02. The molecule has 0 spiro atoms. The van der Waals surface area contributed by atoms with Gasteiger partial charge in [0.05, 0.1) is 4.92 Å². The van der Waals surface area contributed by atoms with Crippen molar-refractivity contribution in [2.45, 2.75) is 6.92 Å². The molecule has 0 amide bonds. The highest BCUT2D eigenvalue weighted by Crippen LogP contribution is 2.26. The van der Waals surface area contributed by atoms with Gasteiger partial charge in [-0.3, -0.25) is 10.1 Å². The minimum Gasteiger partial charge on any atom is -0.334 e. The van der Waals surface area contributed by atoms with Gasteiger partial charge in [0.15, 0.2) is 0 Å². The maximum Gasteiger partial charge on any atom is 0.329 e. The largest absolute Gasteiger partial charge is 0.334 e. The first-order valence-corrected chi connectivity index (χ1v) is 5.45. The van der Waals surface area contributed by atoms with E-state index in [0.717, 1.165) is 17.4 Å². The van der Waals surface area contributed by atoms with Crippen LogP contribution in [0.3, 0.4) is 0 Å². The molecule has 6 nitrogen and oxygen atoms in total. The molecule has 0 radical (unpaired) electrons. The second kappa shape index (κ2) is 4.97. The summed E-state index contributed by atoms with van der Waals surface area (Å²) in [6.45, 7) is 1.89. The third-order valence-corrected chi connectivity index (χ3v) is 2.52. The Morgan fingerprint density at radius 3 is 2.78 bits per heavy atom. The van der Waals surface area contributed by atoms with Crippen LogP contribution in [0.15, 0.2) is 30.5 Å². The molecule has 0 aliphatic heterocycles. The lowest BCUT2D eigenvalue weighted by atomic mass is 10.2. The Kier molecular flexibility index (Phi) is 3.38. The van der Waals surface area contributed by atoms with Crippen LogP contribution >= 0.6 is 11.6 Å². The van der Waals surface area contributed by atoms with Crippen molar-refractivity contribution in [3.8, 4) is 0 Å². The number of halogens is 1. The first-order chi connectivity index (χ1) is 8.58. The quantitative estimate of drug-likeness (QED) is 0.523. The van der Waals surface area contributed by atoms with E-state index in [2.05, 4.69) is 15.3 Å². The van der Waals surface area contributed by atoms with Crippen LogP contribution in [0.25, 0.3) is 0 Å². The zero-order valence-electron chi connectivity index (χ0n) is 9.42. The zero-order valence-corrected chi connectivity index (χ0v) is 10.2. The second-order valence-electron chi connectivity index (χ2n) is 3.57. The maximum atomic E-state index is 10.9. The Balaban J connectivity index is 2.42. The highest BCUT2D eigenvalue weighted by Gasteiger charge is 2.17. The second-order valence-corrected chi connectivity index (χ2v) is 3.91. The van der Waals surface area contributed by atoms with Gasteiger partial charge in [-0.1, -0.05) is 18.2 Å². The standard InChI is InChI=1S/C11H9ClN4O2/c1-7-4-2-3-5-8(7)14-10-9(16(17)18)6-13-11(12)15-10/h2-6H,1H3,(H,13,14,15). The Hall–Kier alpha value is -2.21. The van der Waals surface area contributed by atoms with E-state index in [-0.39, 0.29) is 16.8 Å². The summed E-state index contributed by atoms with van der Waals surface area (Å²) < 4.78 is 0. The molecule has 7 heteroatoms. The maximum absolute atomic E-state index is 10.9. The van der Waals surface area contributed by atoms with Crippen LogP contribution in [0, 0.1) is 17.0 Å². The first-order valence-electron chi connectivity index (χ1n) is 5.07. The van der Waals surface area contributed by atoms with Crippen LogP contribution in [0.2, 0.25) is 5.28 Å². The molecule has 0 bridgehead atoms. The van der Waals surface area contributed by atoms with Crippen LogP contribution < -0.4 is 5.32 Å². The van der Waals surface area contributed by atoms with Gasteiger partial charge in [0.1, 0.15) is 6.20 Å². The molecular weight excluding hydrogens is 256 g/mol. The molecular formula is C11H9ClN4O2. The van der Waals surface area contributed by atoms with Crippen molar-refractivity contribution in [2.75, 3.05) is 5.32 Å². The molecule has 0 atom stereocenters. The number of anilines is 2. The molecule has 18 heavy (non-hydrogen) atoms. The van der Waals surface area contributed by atoms with Gasteiger partial charge in [0.2, 0.25) is 11.1 Å². The summed E-state index contributed by atoms with van der Waals surface area (Å²) in [4.78, 5) is 17.7. The van der Waals surface area contributed by atoms with Crippen LogP contribution in [-0.4, -0.2) is 14.9 Å². The number of benzene rings is 1. The Morgan fingerprint density at radius 2 is 2.11 bits per heavy atom. The summed E-state index contributed by atoms with van der Waals surface area (Å²) in [5, 5.41) is 13.7. The van der Waals surface area contributed by atoms with Gasteiger partial charge in [-0.2, -0.15) is 4.98 Å². The molecule has 0 aliphatic rings. The Bertz CT molecular complexity index is 603. The average Bonchev–Trinajstić information content (AvgIpc) is 2.32. The predicted octanol–water partition coefficient (Wildman–Crippen LogP) is 3.09. The molecule has 1 N–H and O–H groups in total. The van der Waals surface area contributed by atoms with Crippen LogP contribution in [0.4, 0.5) is 17.2 Å². The number of aryl methyl sites for hydroxylation is 1. The van der Waals surface area contributed by atoms with Crippen molar-refractivity contribution in [1.29, 1.82) is 0 Å². The van der Waals surface area contributed by atoms with Crippen molar-refractivity contribution in [2.24, 2.45) is 0 Å². The summed E-state index contributed by atoms with van der Waals surface area (Å²) in [5.74, 6) is 0.0781. The number of nitro groups is 1. The summed E-state index contributed by atoms with van der Waals surface area (Å²) in [6.07, 6.45) is 1.08. The van der Waals surface area contributed by atoms with E-state index in [9.17, 15) is 10.1 Å². The zero-order chi connectivity index (χ0) is 13.1. The Labute approximate surface area is 108 Å². The highest BCUT2D eigenvalue weighted by atomic mass is 35.5. The third kappa shape index (κ3) is 2.54. The number of nitrogens with one attached hydrogen (secondary N) is 1. The SMILES string of the molecule is Cc1ccccc1Nc1nc(Cl)ncc1[N+](=O)[O-]. The van der Waals surface area contributed by atoms with Gasteiger partial charge < -0.3 is 5.32 Å². The molecule has 0 fully saturated rings. The van der Waals surface area contributed by atoms with Crippen LogP contribution in [0.1, 0.15) is 5.56 Å². The smallest absolute Gasteiger partial charge is 0.329 e. The fourth-order valence-electron chi connectivity index (χ4n) is 1.42. The van der Waals surface area contributed by atoms with E-state index < -0.39 is 4.92 Å². The fraction of sp³-hybridized carbons (Fsp3) is 0.0909. The lowest BCUT2D eigenvalue weighted by molar-refractivity contribution is -0.384. The van der Waals surface area contributed by atoms with E-state index in [1.165, 1.54) is 0 Å². The van der Waals surface area contributed by atoms with E-state index in [4.69, 9.17) is 11.6 Å². The molecule has 1 aromatic carbocycles. The van der Waals surface area contributed by atoms with Crippen molar-refractivity contribution in [1.82, 2.24) is 9.97 Å². The Morgan fingerprint density at radius 1 is 1.39 bits per heavy atom. The number of aromatic nitrogens is 2. The molecule has 92 valence electrons. The molecule has 0 aliphatic carbocycles. The highest BCUT2D eigenvalue weighted by molar-refractivity contribution is 6.28. The monoisotopic (exact) mass is 264 g/mol. The lowest BCUT2D eigenvalue weighted by Gasteiger charge is -2.08. The summed E-state index contributed by atoms with van der Waals surface area (Å²) in [5.41, 5.74) is 1.46. The number of hydrogen-bond donors (Lipinski definition) is 1. The number of nitrogens with zero attached hydrogens (tertiary/aromatic N) is 3. The summed E-state index contributed by atoms with van der Waals surface area (Å²) in [7, 11) is 0. The molecule has 2 aromatic rings. The number of para-hydroxylation sites is 1. The summed E-state index contributed by atoms with van der Waals surface area (Å²) >= 11 is 5.64. The molecule has 1 aromatic heterocycles. The van der Waals surface area contributed by atoms with Crippen molar-refractivity contribution in [3.63, 3.8) is 0 Å². The normalized spacial score (nSPS) is 10.1. The van der Waals surface area contributed by atoms with E-state index in [1.54, 1.807) is 6.07 Å². The van der Waals surface area contributed by atoms with Crippen molar-refractivity contribution in [3.05, 3.63) is 51.4 Å². The van der Waals surface area contributed by atoms with Gasteiger partial charge >= 0.3 is 5.69 Å². The minimum atomic E-state index is -0.559. The van der Waals surface area contributed by atoms with Crippen LogP contribution in [-0.2, 0) is 0 Å². The van der Waals surface area contributed by atoms with E-state index >= 15 is 0 Å². The first kappa shape index (κ1) is 12.3. The molecule has 2 rings (SSSR count). The fourth-order valence-corrected chi connectivity index (χ4v) is 1.55. The third-order valence-electron chi connectivity index (χ3n) is 2.33. The molecule has 1 heterocycles. The summed E-state index contributed by atoms with van der Waals surface area (Å²) in [6, 6.07) is 7.39. The minimum absolute atomic E-state index is 0.0447. The van der Waals surface area contributed by atoms with E-state index in [1.807, 2.05) is 25.1 Å². The van der Waals surface area contributed by atoms with Crippen molar-refractivity contribution < 1.29 is 4.92 Å². The average molecular weight is 265 g/mol.